The minimum atomic E-state index is -0.813. The van der Waals surface area contributed by atoms with Crippen LogP contribution >= 0.6 is 0 Å². The number of aliphatic hydroxyl groups is 1. The first-order chi connectivity index (χ1) is 23.6. The molecule has 268 valence electrons. The van der Waals surface area contributed by atoms with E-state index in [2.05, 4.69) is 123 Å². The number of rotatable bonds is 31. The number of unbranched alkanes of at least 4 members (excludes halogenated alkanes) is 5. The van der Waals surface area contributed by atoms with Gasteiger partial charge in [0.25, 0.3) is 0 Å². The normalized spacial score (nSPS) is 13.5. The smallest absolute Gasteiger partial charge is 0.306 e. The van der Waals surface area contributed by atoms with Gasteiger partial charge in [-0.15, -0.1) is 0 Å². The Labute approximate surface area is 293 Å². The summed E-state index contributed by atoms with van der Waals surface area (Å²) in [7, 11) is 0. The lowest BCUT2D eigenvalue weighted by molar-refractivity contribution is -0.161. The maximum Gasteiger partial charge on any atom is 0.306 e. The summed E-state index contributed by atoms with van der Waals surface area (Å²) >= 11 is 0. The maximum atomic E-state index is 12.1. The van der Waals surface area contributed by atoms with Crippen molar-refractivity contribution in [1.82, 2.24) is 0 Å². The largest absolute Gasteiger partial charge is 0.462 e. The highest BCUT2D eigenvalue weighted by Gasteiger charge is 2.15. The summed E-state index contributed by atoms with van der Waals surface area (Å²) in [6, 6.07) is 0. The molecular formula is C43H66O5. The Balaban J connectivity index is 3.76. The van der Waals surface area contributed by atoms with Gasteiger partial charge >= 0.3 is 11.9 Å². The van der Waals surface area contributed by atoms with E-state index in [4.69, 9.17) is 9.47 Å². The lowest BCUT2D eigenvalue weighted by Gasteiger charge is -2.15. The predicted octanol–water partition coefficient (Wildman–Crippen LogP) is 11.5. The molecule has 1 unspecified atom stereocenters. The van der Waals surface area contributed by atoms with E-state index in [-0.39, 0.29) is 25.2 Å². The molecule has 1 N–H and O–H groups in total. The van der Waals surface area contributed by atoms with Crippen molar-refractivity contribution in [3.8, 4) is 0 Å². The third-order valence-corrected chi connectivity index (χ3v) is 7.06. The fourth-order valence-electron chi connectivity index (χ4n) is 4.33. The van der Waals surface area contributed by atoms with E-state index < -0.39 is 6.10 Å². The van der Waals surface area contributed by atoms with Crippen LogP contribution in [-0.2, 0) is 19.1 Å². The van der Waals surface area contributed by atoms with Gasteiger partial charge in [-0.2, -0.15) is 0 Å². The molecular weight excluding hydrogens is 596 g/mol. The third-order valence-electron chi connectivity index (χ3n) is 7.06. The van der Waals surface area contributed by atoms with E-state index in [0.717, 1.165) is 103 Å². The molecule has 0 aliphatic rings. The fraction of sp³-hybridized carbons (Fsp3) is 0.535. The van der Waals surface area contributed by atoms with Gasteiger partial charge in [0.15, 0.2) is 6.10 Å². The van der Waals surface area contributed by atoms with Crippen LogP contribution in [0.3, 0.4) is 0 Å². The Morgan fingerprint density at radius 3 is 1.25 bits per heavy atom. The molecule has 5 heteroatoms. The van der Waals surface area contributed by atoms with Crippen molar-refractivity contribution in [3.05, 3.63) is 109 Å². The molecule has 0 aromatic rings. The molecule has 0 aliphatic heterocycles. The number of hydrogen-bond acceptors (Lipinski definition) is 5. The van der Waals surface area contributed by atoms with E-state index in [1.54, 1.807) is 0 Å². The predicted molar refractivity (Wildman–Crippen MR) is 205 cm³/mol. The van der Waals surface area contributed by atoms with Crippen molar-refractivity contribution in [1.29, 1.82) is 0 Å². The van der Waals surface area contributed by atoms with Crippen LogP contribution in [0.25, 0.3) is 0 Å². The minimum Gasteiger partial charge on any atom is -0.462 e. The van der Waals surface area contributed by atoms with Gasteiger partial charge in [0, 0.05) is 12.8 Å². The van der Waals surface area contributed by atoms with Crippen LogP contribution in [0.15, 0.2) is 109 Å². The molecule has 0 aromatic carbocycles. The second-order valence-corrected chi connectivity index (χ2v) is 11.5. The average molecular weight is 663 g/mol. The molecule has 0 radical (unpaired) electrons. The summed E-state index contributed by atoms with van der Waals surface area (Å²) in [5.74, 6) is -0.692. The van der Waals surface area contributed by atoms with Gasteiger partial charge in [0.05, 0.1) is 6.61 Å². The Bertz CT molecular complexity index is 1020. The fourth-order valence-corrected chi connectivity index (χ4v) is 4.33. The molecule has 0 saturated heterocycles. The monoisotopic (exact) mass is 662 g/mol. The van der Waals surface area contributed by atoms with Crippen LogP contribution in [0.4, 0.5) is 0 Å². The van der Waals surface area contributed by atoms with E-state index in [1.807, 2.05) is 0 Å². The first kappa shape index (κ1) is 44.6. The third kappa shape index (κ3) is 35.4. The molecule has 0 heterocycles. The lowest BCUT2D eigenvalue weighted by atomic mass is 10.1. The number of allylic oxidation sites excluding steroid dienone is 18. The molecule has 0 aromatic heterocycles. The SMILES string of the molecule is CC/C=C\C/C=C\C/C=C\C/C=C\C/C=C\CCCCCC(=O)OC(CO)COC(=O)CCCC/C=C\C/C=C\C/C=C\C/C=C\CC. The molecule has 0 fully saturated rings. The van der Waals surface area contributed by atoms with Gasteiger partial charge in [-0.05, 0) is 96.3 Å². The van der Waals surface area contributed by atoms with Crippen LogP contribution in [0, 0.1) is 0 Å². The van der Waals surface area contributed by atoms with Crippen LogP contribution in [0.1, 0.15) is 129 Å². The first-order valence-corrected chi connectivity index (χ1v) is 18.4. The van der Waals surface area contributed by atoms with Crippen LogP contribution in [0.2, 0.25) is 0 Å². The van der Waals surface area contributed by atoms with Gasteiger partial charge in [0.2, 0.25) is 0 Å². The molecule has 0 bridgehead atoms. The molecule has 5 nitrogen and oxygen atoms in total. The molecule has 0 spiro atoms. The summed E-state index contributed by atoms with van der Waals surface area (Å²) in [5, 5.41) is 9.53. The minimum absolute atomic E-state index is 0.109. The van der Waals surface area contributed by atoms with E-state index in [9.17, 15) is 14.7 Å². The quantitative estimate of drug-likeness (QED) is 0.0454. The number of aliphatic hydroxyl groups excluding tert-OH is 1. The lowest BCUT2D eigenvalue weighted by Crippen LogP contribution is -2.28. The topological polar surface area (TPSA) is 72.8 Å². The highest BCUT2D eigenvalue weighted by atomic mass is 16.6. The standard InChI is InChI=1S/C43H66O5/c1-3-5-7-9-11-13-15-17-19-20-21-22-24-26-28-30-32-34-36-38-43(46)48-41(39-44)40-47-42(45)37-35-33-31-29-27-25-23-18-16-14-12-10-8-6-4-2/h5-8,11-14,17-19,21-23,26-29,41,44H,3-4,9-10,15-16,20,24-25,30-40H2,1-2H3/b7-5-,8-6-,13-11-,14-12-,19-17-,22-21-,23-18-,28-26-,29-27-. The number of ether oxygens (including phenoxy) is 2. The number of carbonyl (C=O) groups is 2. The van der Waals surface area contributed by atoms with Crippen LogP contribution < -0.4 is 0 Å². The van der Waals surface area contributed by atoms with E-state index >= 15 is 0 Å². The van der Waals surface area contributed by atoms with Gasteiger partial charge in [-0.3, -0.25) is 9.59 Å². The Hall–Kier alpha value is -3.44. The van der Waals surface area contributed by atoms with Gasteiger partial charge in [0.1, 0.15) is 6.61 Å². The second-order valence-electron chi connectivity index (χ2n) is 11.5. The summed E-state index contributed by atoms with van der Waals surface area (Å²) in [5.41, 5.74) is 0. The number of hydrogen-bond donors (Lipinski definition) is 1. The summed E-state index contributed by atoms with van der Waals surface area (Å²) in [4.78, 5) is 24.2. The van der Waals surface area contributed by atoms with Gasteiger partial charge in [-0.25, -0.2) is 0 Å². The Kier molecular flexibility index (Phi) is 35.3. The molecule has 48 heavy (non-hydrogen) atoms. The molecule has 0 rings (SSSR count). The first-order valence-electron chi connectivity index (χ1n) is 18.4. The molecule has 0 aliphatic carbocycles. The van der Waals surface area contributed by atoms with Gasteiger partial charge in [-0.1, -0.05) is 130 Å². The summed E-state index contributed by atoms with van der Waals surface area (Å²) in [6.45, 7) is 3.81. The zero-order valence-electron chi connectivity index (χ0n) is 30.2. The highest BCUT2D eigenvalue weighted by Crippen LogP contribution is 2.08. The van der Waals surface area contributed by atoms with Crippen molar-refractivity contribution in [2.24, 2.45) is 0 Å². The van der Waals surface area contributed by atoms with E-state index in [0.29, 0.717) is 12.8 Å². The zero-order chi connectivity index (χ0) is 35.0. The van der Waals surface area contributed by atoms with Crippen molar-refractivity contribution >= 4 is 11.9 Å². The highest BCUT2D eigenvalue weighted by molar-refractivity contribution is 5.70. The molecule has 1 atom stereocenters. The van der Waals surface area contributed by atoms with Crippen LogP contribution in [0.5, 0.6) is 0 Å². The molecule has 0 saturated carbocycles. The van der Waals surface area contributed by atoms with Crippen molar-refractivity contribution in [2.75, 3.05) is 13.2 Å². The Morgan fingerprint density at radius 2 is 0.833 bits per heavy atom. The van der Waals surface area contributed by atoms with Crippen molar-refractivity contribution in [2.45, 2.75) is 136 Å². The Morgan fingerprint density at radius 1 is 0.479 bits per heavy atom. The second kappa shape index (κ2) is 38.0. The zero-order valence-corrected chi connectivity index (χ0v) is 30.2. The van der Waals surface area contributed by atoms with Crippen molar-refractivity contribution in [3.63, 3.8) is 0 Å². The van der Waals surface area contributed by atoms with Gasteiger partial charge < -0.3 is 14.6 Å². The average Bonchev–Trinajstić information content (AvgIpc) is 3.09. The number of esters is 2. The molecule has 0 amide bonds. The maximum absolute atomic E-state index is 12.1. The van der Waals surface area contributed by atoms with Crippen molar-refractivity contribution < 1.29 is 24.2 Å². The van der Waals surface area contributed by atoms with Crippen LogP contribution in [-0.4, -0.2) is 36.4 Å². The number of carbonyl (C=O) groups excluding carboxylic acids is 2. The summed E-state index contributed by atoms with van der Waals surface area (Å²) < 4.78 is 10.5. The summed E-state index contributed by atoms with van der Waals surface area (Å²) in [6.07, 6.45) is 54.3. The van der Waals surface area contributed by atoms with E-state index in [1.165, 1.54) is 0 Å².